The summed E-state index contributed by atoms with van der Waals surface area (Å²) in [7, 11) is 0. The zero-order valence-electron chi connectivity index (χ0n) is 19.4. The summed E-state index contributed by atoms with van der Waals surface area (Å²) in [6.07, 6.45) is 6.50. The first-order valence-corrected chi connectivity index (χ1v) is 12.2. The highest BCUT2D eigenvalue weighted by Gasteiger charge is 2.41. The molecular formula is C26H36FN3O2. The maximum absolute atomic E-state index is 13.4. The summed E-state index contributed by atoms with van der Waals surface area (Å²) in [5.41, 5.74) is 2.98. The molecular weight excluding hydrogens is 405 g/mol. The van der Waals surface area contributed by atoms with Gasteiger partial charge in [0.1, 0.15) is 5.82 Å². The minimum atomic E-state index is -0.187. The van der Waals surface area contributed by atoms with Crippen LogP contribution >= 0.6 is 0 Å². The highest BCUT2D eigenvalue weighted by molar-refractivity contribution is 6.02. The third kappa shape index (κ3) is 5.22. The molecule has 1 N–H and O–H groups in total. The number of hydrogen-bond acceptors (Lipinski definition) is 3. The summed E-state index contributed by atoms with van der Waals surface area (Å²) in [6, 6.07) is 7.17. The average molecular weight is 442 g/mol. The number of nitrogens with zero attached hydrogens (tertiary/aromatic N) is 2. The molecule has 0 bridgehead atoms. The molecule has 6 heteroatoms. The van der Waals surface area contributed by atoms with Gasteiger partial charge in [-0.15, -0.1) is 0 Å². The van der Waals surface area contributed by atoms with Crippen LogP contribution in [0, 0.1) is 11.7 Å². The minimum Gasteiger partial charge on any atom is -0.356 e. The fourth-order valence-electron chi connectivity index (χ4n) is 5.59. The largest absolute Gasteiger partial charge is 0.356 e. The topological polar surface area (TPSA) is 52.7 Å². The molecule has 1 atom stereocenters. The number of rotatable bonds is 7. The van der Waals surface area contributed by atoms with Crippen molar-refractivity contribution in [2.75, 3.05) is 19.6 Å². The first-order valence-electron chi connectivity index (χ1n) is 12.2. The Hall–Kier alpha value is -2.21. The molecule has 1 saturated carbocycles. The van der Waals surface area contributed by atoms with E-state index in [-0.39, 0.29) is 36.1 Å². The van der Waals surface area contributed by atoms with E-state index in [1.807, 2.05) is 11.0 Å². The first-order chi connectivity index (χ1) is 15.4. The van der Waals surface area contributed by atoms with E-state index in [1.54, 1.807) is 12.1 Å². The SMILES string of the molecule is CC(C)N1C(=O)C(CC(=O)NCC2CCN(Cc3cccc(F)c3)CC2)=C2CCCCC21. The molecule has 174 valence electrons. The fourth-order valence-corrected chi connectivity index (χ4v) is 5.59. The third-order valence-corrected chi connectivity index (χ3v) is 7.28. The molecule has 1 unspecified atom stereocenters. The Morgan fingerprint density at radius 2 is 1.97 bits per heavy atom. The molecule has 2 aliphatic heterocycles. The van der Waals surface area contributed by atoms with Gasteiger partial charge in [0.25, 0.3) is 5.91 Å². The Morgan fingerprint density at radius 3 is 2.69 bits per heavy atom. The van der Waals surface area contributed by atoms with Gasteiger partial charge in [-0.3, -0.25) is 14.5 Å². The van der Waals surface area contributed by atoms with Gasteiger partial charge in [-0.25, -0.2) is 4.39 Å². The molecule has 4 rings (SSSR count). The number of halogens is 1. The summed E-state index contributed by atoms with van der Waals surface area (Å²) >= 11 is 0. The first kappa shape index (κ1) is 23.0. The molecule has 3 aliphatic rings. The van der Waals surface area contributed by atoms with Crippen molar-refractivity contribution in [2.24, 2.45) is 5.92 Å². The van der Waals surface area contributed by atoms with E-state index in [0.717, 1.165) is 69.3 Å². The van der Waals surface area contributed by atoms with E-state index >= 15 is 0 Å². The molecule has 2 amide bonds. The molecule has 32 heavy (non-hydrogen) atoms. The Labute approximate surface area is 191 Å². The third-order valence-electron chi connectivity index (χ3n) is 7.28. The van der Waals surface area contributed by atoms with Gasteiger partial charge in [0.15, 0.2) is 0 Å². The molecule has 2 fully saturated rings. The van der Waals surface area contributed by atoms with Crippen LogP contribution in [0.1, 0.15) is 64.4 Å². The zero-order chi connectivity index (χ0) is 22.7. The van der Waals surface area contributed by atoms with Crippen molar-refractivity contribution in [2.45, 2.75) is 77.4 Å². The van der Waals surface area contributed by atoms with E-state index in [2.05, 4.69) is 24.1 Å². The Bertz CT molecular complexity index is 874. The van der Waals surface area contributed by atoms with Gasteiger partial charge in [-0.1, -0.05) is 18.6 Å². The van der Waals surface area contributed by atoms with Gasteiger partial charge in [-0.05, 0) is 88.2 Å². The van der Waals surface area contributed by atoms with Crippen molar-refractivity contribution in [3.8, 4) is 0 Å². The van der Waals surface area contributed by atoms with Crippen LogP contribution in [-0.4, -0.2) is 53.3 Å². The molecule has 1 saturated heterocycles. The van der Waals surface area contributed by atoms with Crippen molar-refractivity contribution in [3.05, 3.63) is 46.8 Å². The summed E-state index contributed by atoms with van der Waals surface area (Å²) in [5.74, 6) is 0.308. The lowest BCUT2D eigenvalue weighted by molar-refractivity contribution is -0.130. The second-order valence-electron chi connectivity index (χ2n) is 9.90. The number of carbonyl (C=O) groups excluding carboxylic acids is 2. The molecule has 1 aromatic carbocycles. The molecule has 5 nitrogen and oxygen atoms in total. The second-order valence-corrected chi connectivity index (χ2v) is 9.90. The summed E-state index contributed by atoms with van der Waals surface area (Å²) in [4.78, 5) is 30.1. The van der Waals surface area contributed by atoms with Gasteiger partial charge < -0.3 is 10.2 Å². The number of likely N-dealkylation sites (tertiary alicyclic amines) is 1. The van der Waals surface area contributed by atoms with Gasteiger partial charge in [-0.2, -0.15) is 0 Å². The molecule has 1 aliphatic carbocycles. The zero-order valence-corrected chi connectivity index (χ0v) is 19.4. The number of amides is 2. The van der Waals surface area contributed by atoms with Crippen LogP contribution < -0.4 is 5.32 Å². The smallest absolute Gasteiger partial charge is 0.251 e. The Balaban J connectivity index is 1.24. The minimum absolute atomic E-state index is 0.0297. The van der Waals surface area contributed by atoms with Crippen LogP contribution in [0.2, 0.25) is 0 Å². The predicted octanol–water partition coefficient (Wildman–Crippen LogP) is 4.03. The highest BCUT2D eigenvalue weighted by atomic mass is 19.1. The van der Waals surface area contributed by atoms with Crippen molar-refractivity contribution >= 4 is 11.8 Å². The molecule has 0 radical (unpaired) electrons. The maximum atomic E-state index is 13.4. The number of nitrogens with one attached hydrogen (secondary N) is 1. The molecule has 2 heterocycles. The lowest BCUT2D eigenvalue weighted by Crippen LogP contribution is -2.42. The van der Waals surface area contributed by atoms with Crippen LogP contribution in [0.3, 0.4) is 0 Å². The quantitative estimate of drug-likeness (QED) is 0.695. The second kappa shape index (κ2) is 10.2. The van der Waals surface area contributed by atoms with Crippen LogP contribution in [-0.2, 0) is 16.1 Å². The van der Waals surface area contributed by atoms with Crippen LogP contribution in [0.25, 0.3) is 0 Å². The fraction of sp³-hybridized carbons (Fsp3) is 0.615. The van der Waals surface area contributed by atoms with Crippen molar-refractivity contribution < 1.29 is 14.0 Å². The van der Waals surface area contributed by atoms with Gasteiger partial charge in [0.05, 0.1) is 12.5 Å². The number of benzene rings is 1. The van der Waals surface area contributed by atoms with Crippen LogP contribution in [0.4, 0.5) is 4.39 Å². The van der Waals surface area contributed by atoms with Gasteiger partial charge in [0, 0.05) is 24.7 Å². The predicted molar refractivity (Wildman–Crippen MR) is 123 cm³/mol. The summed E-state index contributed by atoms with van der Waals surface area (Å²) in [5, 5.41) is 3.10. The lowest BCUT2D eigenvalue weighted by atomic mass is 9.88. The van der Waals surface area contributed by atoms with E-state index in [1.165, 1.54) is 11.6 Å². The van der Waals surface area contributed by atoms with Gasteiger partial charge in [0.2, 0.25) is 5.91 Å². The molecule has 0 aromatic heterocycles. The van der Waals surface area contributed by atoms with E-state index in [4.69, 9.17) is 0 Å². The molecule has 1 aromatic rings. The Kier molecular flexibility index (Phi) is 7.29. The van der Waals surface area contributed by atoms with E-state index in [9.17, 15) is 14.0 Å². The normalized spacial score (nSPS) is 22.6. The number of hydrogen-bond donors (Lipinski definition) is 1. The standard InChI is InChI=1S/C26H36FN3O2/c1-18(2)30-24-9-4-3-8-22(24)23(26(30)32)15-25(31)28-16-19-10-12-29(13-11-19)17-20-6-5-7-21(27)14-20/h5-7,14,18-19,24H,3-4,8-13,15-17H2,1-2H3,(H,28,31). The van der Waals surface area contributed by atoms with Gasteiger partial charge >= 0.3 is 0 Å². The summed E-state index contributed by atoms with van der Waals surface area (Å²) in [6.45, 7) is 7.47. The van der Waals surface area contributed by atoms with E-state index < -0.39 is 0 Å². The number of carbonyl (C=O) groups is 2. The number of piperidine rings is 1. The van der Waals surface area contributed by atoms with Crippen molar-refractivity contribution in [1.29, 1.82) is 0 Å². The molecule has 0 spiro atoms. The van der Waals surface area contributed by atoms with Crippen molar-refractivity contribution in [3.63, 3.8) is 0 Å². The lowest BCUT2D eigenvalue weighted by Gasteiger charge is -2.33. The average Bonchev–Trinajstić information content (AvgIpc) is 3.05. The van der Waals surface area contributed by atoms with Crippen LogP contribution in [0.5, 0.6) is 0 Å². The summed E-state index contributed by atoms with van der Waals surface area (Å²) < 4.78 is 13.4. The highest BCUT2D eigenvalue weighted by Crippen LogP contribution is 2.38. The number of fused-ring (bicyclic) bond motifs is 1. The Morgan fingerprint density at radius 1 is 1.19 bits per heavy atom. The monoisotopic (exact) mass is 441 g/mol. The van der Waals surface area contributed by atoms with E-state index in [0.29, 0.717) is 12.5 Å². The van der Waals surface area contributed by atoms with Crippen LogP contribution in [0.15, 0.2) is 35.4 Å². The maximum Gasteiger partial charge on any atom is 0.251 e. The van der Waals surface area contributed by atoms with Crippen molar-refractivity contribution in [1.82, 2.24) is 15.1 Å².